The van der Waals surface area contributed by atoms with E-state index in [4.69, 9.17) is 0 Å². The molecule has 2 aromatic carbocycles. The van der Waals surface area contributed by atoms with E-state index in [1.54, 1.807) is 0 Å². The third-order valence-corrected chi connectivity index (χ3v) is 4.06. The zero-order chi connectivity index (χ0) is 13.0. The van der Waals surface area contributed by atoms with Crippen LogP contribution in [-0.2, 0) is 13.0 Å². The van der Waals surface area contributed by atoms with E-state index in [2.05, 4.69) is 93.2 Å². The van der Waals surface area contributed by atoms with Gasteiger partial charge in [0.15, 0.2) is 0 Å². The SMILES string of the molecule is CCc1cc(Br)ccc1NCc1ccc(I)cc1. The molecule has 0 spiro atoms. The van der Waals surface area contributed by atoms with Crippen molar-refractivity contribution >= 4 is 44.2 Å². The van der Waals surface area contributed by atoms with Crippen LogP contribution < -0.4 is 5.32 Å². The second kappa shape index (κ2) is 6.57. The zero-order valence-corrected chi connectivity index (χ0v) is 14.0. The second-order valence-electron chi connectivity index (χ2n) is 4.14. The molecule has 0 bridgehead atoms. The first-order valence-corrected chi connectivity index (χ1v) is 7.83. The van der Waals surface area contributed by atoms with E-state index in [-0.39, 0.29) is 0 Å². The van der Waals surface area contributed by atoms with E-state index in [1.165, 1.54) is 20.4 Å². The van der Waals surface area contributed by atoms with Crippen LogP contribution in [0.4, 0.5) is 5.69 Å². The summed E-state index contributed by atoms with van der Waals surface area (Å²) in [5.74, 6) is 0. The third kappa shape index (κ3) is 3.72. The van der Waals surface area contributed by atoms with Gasteiger partial charge in [-0.2, -0.15) is 0 Å². The standard InChI is InChI=1S/C15H15BrIN/c1-2-12-9-13(16)5-8-15(12)18-10-11-3-6-14(17)7-4-11/h3-9,18H,2,10H2,1H3. The molecule has 0 aliphatic rings. The molecule has 0 saturated carbocycles. The van der Waals surface area contributed by atoms with Crippen LogP contribution in [0.15, 0.2) is 46.9 Å². The average Bonchev–Trinajstić information content (AvgIpc) is 2.39. The summed E-state index contributed by atoms with van der Waals surface area (Å²) >= 11 is 5.84. The van der Waals surface area contributed by atoms with Crippen molar-refractivity contribution in [1.82, 2.24) is 0 Å². The molecule has 94 valence electrons. The largest absolute Gasteiger partial charge is 0.381 e. The van der Waals surface area contributed by atoms with Gasteiger partial charge >= 0.3 is 0 Å². The maximum atomic E-state index is 3.51. The van der Waals surface area contributed by atoms with E-state index in [1.807, 2.05) is 0 Å². The quantitative estimate of drug-likeness (QED) is 0.674. The topological polar surface area (TPSA) is 12.0 Å². The number of anilines is 1. The normalized spacial score (nSPS) is 10.4. The van der Waals surface area contributed by atoms with Gasteiger partial charge in [0.05, 0.1) is 0 Å². The summed E-state index contributed by atoms with van der Waals surface area (Å²) in [6, 6.07) is 15.0. The molecule has 1 nitrogen and oxygen atoms in total. The Bertz CT molecular complexity index is 523. The molecule has 0 heterocycles. The molecule has 0 fully saturated rings. The van der Waals surface area contributed by atoms with Gasteiger partial charge in [-0.1, -0.05) is 35.0 Å². The summed E-state index contributed by atoms with van der Waals surface area (Å²) in [7, 11) is 0. The molecule has 0 amide bonds. The monoisotopic (exact) mass is 415 g/mol. The number of nitrogens with one attached hydrogen (secondary N) is 1. The van der Waals surface area contributed by atoms with Crippen LogP contribution in [0.1, 0.15) is 18.1 Å². The van der Waals surface area contributed by atoms with E-state index < -0.39 is 0 Å². The van der Waals surface area contributed by atoms with Gasteiger partial charge in [0.2, 0.25) is 0 Å². The lowest BCUT2D eigenvalue weighted by Crippen LogP contribution is -2.02. The number of benzene rings is 2. The lowest BCUT2D eigenvalue weighted by Gasteiger charge is -2.11. The highest BCUT2D eigenvalue weighted by atomic mass is 127. The lowest BCUT2D eigenvalue weighted by molar-refractivity contribution is 1.09. The van der Waals surface area contributed by atoms with Gasteiger partial charge in [-0.3, -0.25) is 0 Å². The van der Waals surface area contributed by atoms with Crippen molar-refractivity contribution < 1.29 is 0 Å². The van der Waals surface area contributed by atoms with Gasteiger partial charge in [-0.15, -0.1) is 0 Å². The van der Waals surface area contributed by atoms with Crippen LogP contribution in [0.25, 0.3) is 0 Å². The summed E-state index contributed by atoms with van der Waals surface area (Å²) in [5, 5.41) is 3.50. The first kappa shape index (κ1) is 13.9. The zero-order valence-electron chi connectivity index (χ0n) is 10.2. The van der Waals surface area contributed by atoms with Crippen LogP contribution in [0.3, 0.4) is 0 Å². The third-order valence-electron chi connectivity index (χ3n) is 2.84. The summed E-state index contributed by atoms with van der Waals surface area (Å²) < 4.78 is 2.41. The Morgan fingerprint density at radius 1 is 1.11 bits per heavy atom. The Kier molecular flexibility index (Phi) is 5.06. The molecule has 2 aromatic rings. The number of rotatable bonds is 4. The molecule has 3 heteroatoms. The second-order valence-corrected chi connectivity index (χ2v) is 6.30. The highest BCUT2D eigenvalue weighted by Crippen LogP contribution is 2.22. The molecule has 1 N–H and O–H groups in total. The fourth-order valence-corrected chi connectivity index (χ4v) is 2.59. The highest BCUT2D eigenvalue weighted by molar-refractivity contribution is 14.1. The van der Waals surface area contributed by atoms with Crippen molar-refractivity contribution in [2.75, 3.05) is 5.32 Å². The number of hydrogen-bond acceptors (Lipinski definition) is 1. The fraction of sp³-hybridized carbons (Fsp3) is 0.200. The van der Waals surface area contributed by atoms with Crippen molar-refractivity contribution in [3.8, 4) is 0 Å². The molecule has 18 heavy (non-hydrogen) atoms. The fourth-order valence-electron chi connectivity index (χ4n) is 1.83. The Labute approximate surface area is 130 Å². The van der Waals surface area contributed by atoms with Crippen LogP contribution >= 0.6 is 38.5 Å². The van der Waals surface area contributed by atoms with E-state index in [0.29, 0.717) is 0 Å². The average molecular weight is 416 g/mol. The van der Waals surface area contributed by atoms with Gasteiger partial charge in [-0.05, 0) is 70.5 Å². The minimum atomic E-state index is 0.867. The Balaban J connectivity index is 2.08. The van der Waals surface area contributed by atoms with Crippen LogP contribution in [0.5, 0.6) is 0 Å². The molecule has 0 aliphatic heterocycles. The van der Waals surface area contributed by atoms with E-state index >= 15 is 0 Å². The van der Waals surface area contributed by atoms with Crippen molar-refractivity contribution in [1.29, 1.82) is 0 Å². The predicted octanol–water partition coefficient (Wildman–Crippen LogP) is 5.23. The van der Waals surface area contributed by atoms with Gasteiger partial charge in [0.25, 0.3) is 0 Å². The van der Waals surface area contributed by atoms with Crippen LogP contribution in [0.2, 0.25) is 0 Å². The molecule has 0 radical (unpaired) electrons. The Morgan fingerprint density at radius 2 is 1.83 bits per heavy atom. The summed E-state index contributed by atoms with van der Waals surface area (Å²) in [6.07, 6.45) is 1.04. The smallest absolute Gasteiger partial charge is 0.0400 e. The molecular weight excluding hydrogens is 401 g/mol. The molecule has 0 saturated heterocycles. The molecule has 0 atom stereocenters. The van der Waals surface area contributed by atoms with E-state index in [0.717, 1.165) is 17.4 Å². The Morgan fingerprint density at radius 3 is 2.50 bits per heavy atom. The lowest BCUT2D eigenvalue weighted by atomic mass is 10.1. The van der Waals surface area contributed by atoms with Crippen LogP contribution in [0, 0.1) is 3.57 Å². The molecular formula is C15H15BrIN. The first-order valence-electron chi connectivity index (χ1n) is 5.96. The van der Waals surface area contributed by atoms with Gasteiger partial charge in [-0.25, -0.2) is 0 Å². The number of aryl methyl sites for hydroxylation is 1. The van der Waals surface area contributed by atoms with Gasteiger partial charge in [0, 0.05) is 20.3 Å². The van der Waals surface area contributed by atoms with Gasteiger partial charge in [0.1, 0.15) is 0 Å². The van der Waals surface area contributed by atoms with Crippen LogP contribution in [-0.4, -0.2) is 0 Å². The van der Waals surface area contributed by atoms with Crippen molar-refractivity contribution in [3.63, 3.8) is 0 Å². The highest BCUT2D eigenvalue weighted by Gasteiger charge is 2.01. The molecule has 2 rings (SSSR count). The molecule has 0 aromatic heterocycles. The minimum absolute atomic E-state index is 0.867. The predicted molar refractivity (Wildman–Crippen MR) is 90.0 cm³/mol. The first-order chi connectivity index (χ1) is 8.69. The number of hydrogen-bond donors (Lipinski definition) is 1. The Hall–Kier alpha value is -0.550. The minimum Gasteiger partial charge on any atom is -0.381 e. The summed E-state index contributed by atoms with van der Waals surface area (Å²) in [6.45, 7) is 3.05. The molecule has 0 unspecified atom stereocenters. The van der Waals surface area contributed by atoms with E-state index in [9.17, 15) is 0 Å². The summed E-state index contributed by atoms with van der Waals surface area (Å²) in [5.41, 5.74) is 3.87. The maximum absolute atomic E-state index is 3.51. The summed E-state index contributed by atoms with van der Waals surface area (Å²) in [4.78, 5) is 0. The van der Waals surface area contributed by atoms with Gasteiger partial charge < -0.3 is 5.32 Å². The maximum Gasteiger partial charge on any atom is 0.0400 e. The van der Waals surface area contributed by atoms with Crippen molar-refractivity contribution in [2.24, 2.45) is 0 Å². The van der Waals surface area contributed by atoms with Crippen molar-refractivity contribution in [2.45, 2.75) is 19.9 Å². The number of halogens is 2. The van der Waals surface area contributed by atoms with Crippen molar-refractivity contribution in [3.05, 3.63) is 61.6 Å². The molecule has 0 aliphatic carbocycles.